The summed E-state index contributed by atoms with van der Waals surface area (Å²) in [5.41, 5.74) is 2.28. The third-order valence-corrected chi connectivity index (χ3v) is 7.07. The van der Waals surface area contributed by atoms with E-state index in [1.54, 1.807) is 13.2 Å². The molecule has 3 N–H and O–H groups in total. The van der Waals surface area contributed by atoms with Crippen LogP contribution in [0.15, 0.2) is 54.7 Å². The van der Waals surface area contributed by atoms with Gasteiger partial charge >= 0.3 is 6.18 Å². The molecule has 2 amide bonds. The Hall–Kier alpha value is -4.15. The summed E-state index contributed by atoms with van der Waals surface area (Å²) in [5.74, 6) is 1.29. The Morgan fingerprint density at radius 2 is 1.76 bits per heavy atom. The molecule has 8 nitrogen and oxygen atoms in total. The van der Waals surface area contributed by atoms with Crippen LogP contribution in [0, 0.1) is 0 Å². The van der Waals surface area contributed by atoms with Gasteiger partial charge in [-0.15, -0.1) is 0 Å². The van der Waals surface area contributed by atoms with E-state index in [4.69, 9.17) is 0 Å². The standard InChI is InChI=1S/C30H35F3N6O2/c1-3-26-36-22-9-7-8-11-25(22)39(26)18-17-28(41)37-23(10-5-4-6-12-27(40)34-2)29-35-19-24(38-29)20-13-15-21(16-14-20)30(31,32)33/h7-9,11,13-16,19,23H,3-6,10,12,17-18H2,1-2H3,(H,34,40)(H,35,38)(H,37,41)/t23-/m0/s1. The van der Waals surface area contributed by atoms with Crippen molar-refractivity contribution in [2.24, 2.45) is 0 Å². The largest absolute Gasteiger partial charge is 0.416 e. The molecular weight excluding hydrogens is 533 g/mol. The quantitative estimate of drug-likeness (QED) is 0.173. The van der Waals surface area contributed by atoms with E-state index in [9.17, 15) is 22.8 Å². The molecule has 4 rings (SSSR count). The highest BCUT2D eigenvalue weighted by Gasteiger charge is 2.30. The number of benzene rings is 2. The van der Waals surface area contributed by atoms with E-state index >= 15 is 0 Å². The predicted octanol–water partition coefficient (Wildman–Crippen LogP) is 5.95. The third-order valence-electron chi connectivity index (χ3n) is 7.07. The van der Waals surface area contributed by atoms with Crippen LogP contribution in [0.25, 0.3) is 22.3 Å². The molecule has 0 saturated heterocycles. The number of amides is 2. The summed E-state index contributed by atoms with van der Waals surface area (Å²) in [6, 6.07) is 12.3. The monoisotopic (exact) mass is 568 g/mol. The van der Waals surface area contributed by atoms with Crippen LogP contribution in [0.3, 0.4) is 0 Å². The van der Waals surface area contributed by atoms with E-state index in [-0.39, 0.29) is 18.2 Å². The number of imidazole rings is 2. The SMILES string of the molecule is CCc1nc2ccccc2n1CCC(=O)N[C@@H](CCCCCC(=O)NC)c1ncc(-c2ccc(C(F)(F)F)cc2)[nH]1. The number of para-hydroxylation sites is 2. The molecule has 0 radical (unpaired) electrons. The Morgan fingerprint density at radius 3 is 2.46 bits per heavy atom. The van der Waals surface area contributed by atoms with Crippen molar-refractivity contribution in [1.82, 2.24) is 30.2 Å². The van der Waals surface area contributed by atoms with Crippen LogP contribution in [0.5, 0.6) is 0 Å². The first-order chi connectivity index (χ1) is 19.7. The number of rotatable bonds is 13. The molecule has 0 aliphatic heterocycles. The van der Waals surface area contributed by atoms with Gasteiger partial charge in [-0.2, -0.15) is 13.2 Å². The number of unbranched alkanes of at least 4 members (excludes halogenated alkanes) is 2. The summed E-state index contributed by atoms with van der Waals surface area (Å²) in [7, 11) is 1.61. The molecule has 2 aromatic heterocycles. The number of halogens is 3. The first kappa shape index (κ1) is 29.8. The number of hydrogen-bond donors (Lipinski definition) is 3. The average molecular weight is 569 g/mol. The van der Waals surface area contributed by atoms with Crippen molar-refractivity contribution in [3.8, 4) is 11.3 Å². The van der Waals surface area contributed by atoms with E-state index in [2.05, 4.69) is 30.2 Å². The Morgan fingerprint density at radius 1 is 1.00 bits per heavy atom. The molecule has 1 atom stereocenters. The van der Waals surface area contributed by atoms with Gasteiger partial charge < -0.3 is 20.2 Å². The van der Waals surface area contributed by atoms with E-state index in [0.717, 1.165) is 54.7 Å². The minimum Gasteiger partial charge on any atom is -0.359 e. The van der Waals surface area contributed by atoms with Gasteiger partial charge in [0.2, 0.25) is 11.8 Å². The topological polar surface area (TPSA) is 105 Å². The van der Waals surface area contributed by atoms with Crippen LogP contribution in [-0.2, 0) is 28.7 Å². The smallest absolute Gasteiger partial charge is 0.359 e. The fraction of sp³-hybridized carbons (Fsp3) is 0.400. The molecule has 0 unspecified atom stereocenters. The van der Waals surface area contributed by atoms with Crippen molar-refractivity contribution in [2.45, 2.75) is 70.6 Å². The van der Waals surface area contributed by atoms with Crippen LogP contribution in [0.4, 0.5) is 13.2 Å². The zero-order chi connectivity index (χ0) is 29.4. The number of carbonyl (C=O) groups excluding carboxylic acids is 2. The third kappa shape index (κ3) is 7.74. The summed E-state index contributed by atoms with van der Waals surface area (Å²) >= 11 is 0. The molecule has 0 aliphatic carbocycles. The Kier molecular flexibility index (Phi) is 9.80. The van der Waals surface area contributed by atoms with Crippen LogP contribution < -0.4 is 10.6 Å². The number of alkyl halides is 3. The summed E-state index contributed by atoms with van der Waals surface area (Å²) in [5, 5.41) is 5.70. The van der Waals surface area contributed by atoms with Gasteiger partial charge in [0.25, 0.3) is 0 Å². The van der Waals surface area contributed by atoms with Gasteiger partial charge in [-0.1, -0.05) is 44.0 Å². The highest BCUT2D eigenvalue weighted by Crippen LogP contribution is 2.31. The Bertz CT molecular complexity index is 1460. The molecule has 0 aliphatic rings. The maximum absolute atomic E-state index is 13.1. The van der Waals surface area contributed by atoms with E-state index in [1.165, 1.54) is 12.1 Å². The predicted molar refractivity (Wildman–Crippen MR) is 151 cm³/mol. The molecule has 41 heavy (non-hydrogen) atoms. The number of nitrogens with one attached hydrogen (secondary N) is 3. The highest BCUT2D eigenvalue weighted by atomic mass is 19.4. The molecule has 2 aromatic carbocycles. The van der Waals surface area contributed by atoms with Crippen molar-refractivity contribution < 1.29 is 22.8 Å². The summed E-state index contributed by atoms with van der Waals surface area (Å²) in [6.07, 6.45) is 1.44. The molecular formula is C30H35F3N6O2. The first-order valence-electron chi connectivity index (χ1n) is 13.9. The molecule has 0 fully saturated rings. The number of aromatic nitrogens is 4. The zero-order valence-electron chi connectivity index (χ0n) is 23.2. The average Bonchev–Trinajstić information content (AvgIpc) is 3.60. The summed E-state index contributed by atoms with van der Waals surface area (Å²) < 4.78 is 41.0. The normalized spacial score (nSPS) is 12.4. The van der Waals surface area contributed by atoms with E-state index in [1.807, 2.05) is 31.2 Å². The van der Waals surface area contributed by atoms with Gasteiger partial charge in [0.1, 0.15) is 11.6 Å². The van der Waals surface area contributed by atoms with Crippen LogP contribution in [-0.4, -0.2) is 38.4 Å². The summed E-state index contributed by atoms with van der Waals surface area (Å²) in [4.78, 5) is 37.0. The fourth-order valence-electron chi connectivity index (χ4n) is 4.84. The number of H-pyrrole nitrogens is 1. The van der Waals surface area contributed by atoms with E-state index < -0.39 is 17.8 Å². The van der Waals surface area contributed by atoms with Gasteiger partial charge in [-0.3, -0.25) is 9.59 Å². The molecule has 4 aromatic rings. The van der Waals surface area contributed by atoms with Crippen LogP contribution in [0.2, 0.25) is 0 Å². The second-order valence-corrected chi connectivity index (χ2v) is 9.92. The second-order valence-electron chi connectivity index (χ2n) is 9.92. The van der Waals surface area contributed by atoms with Gasteiger partial charge in [-0.05, 0) is 42.7 Å². The van der Waals surface area contributed by atoms with Crippen molar-refractivity contribution in [3.05, 3.63) is 71.9 Å². The van der Waals surface area contributed by atoms with Gasteiger partial charge in [-0.25, -0.2) is 9.97 Å². The lowest BCUT2D eigenvalue weighted by Crippen LogP contribution is -2.30. The number of carbonyl (C=O) groups is 2. The number of aromatic amines is 1. The van der Waals surface area contributed by atoms with E-state index in [0.29, 0.717) is 36.5 Å². The lowest BCUT2D eigenvalue weighted by molar-refractivity contribution is -0.137. The highest BCUT2D eigenvalue weighted by molar-refractivity contribution is 5.78. The van der Waals surface area contributed by atoms with Crippen molar-refractivity contribution in [3.63, 3.8) is 0 Å². The van der Waals surface area contributed by atoms with Crippen molar-refractivity contribution in [2.75, 3.05) is 7.05 Å². The van der Waals surface area contributed by atoms with Gasteiger partial charge in [0.05, 0.1) is 34.5 Å². The minimum atomic E-state index is -4.41. The maximum atomic E-state index is 13.1. The Labute approximate surface area is 236 Å². The Balaban J connectivity index is 1.45. The van der Waals surface area contributed by atoms with Gasteiger partial charge in [0.15, 0.2) is 0 Å². The molecule has 0 bridgehead atoms. The fourth-order valence-corrected chi connectivity index (χ4v) is 4.84. The first-order valence-corrected chi connectivity index (χ1v) is 13.9. The number of fused-ring (bicyclic) bond motifs is 1. The molecule has 11 heteroatoms. The van der Waals surface area contributed by atoms with Crippen LogP contribution in [0.1, 0.15) is 68.7 Å². The van der Waals surface area contributed by atoms with Gasteiger partial charge in [0, 0.05) is 32.9 Å². The number of aryl methyl sites for hydroxylation is 2. The maximum Gasteiger partial charge on any atom is 0.416 e. The number of hydrogen-bond acceptors (Lipinski definition) is 4. The summed E-state index contributed by atoms with van der Waals surface area (Å²) in [6.45, 7) is 2.51. The van der Waals surface area contributed by atoms with Crippen molar-refractivity contribution >= 4 is 22.8 Å². The molecule has 2 heterocycles. The molecule has 0 spiro atoms. The van der Waals surface area contributed by atoms with Crippen LogP contribution >= 0.6 is 0 Å². The second kappa shape index (κ2) is 13.5. The molecule has 218 valence electrons. The lowest BCUT2D eigenvalue weighted by Gasteiger charge is -2.17. The van der Waals surface area contributed by atoms with Crippen molar-refractivity contribution in [1.29, 1.82) is 0 Å². The zero-order valence-corrected chi connectivity index (χ0v) is 23.2. The number of nitrogens with zero attached hydrogens (tertiary/aromatic N) is 3. The minimum absolute atomic E-state index is 0.0134. The molecule has 0 saturated carbocycles. The lowest BCUT2D eigenvalue weighted by atomic mass is 10.1.